The molecular weight excluding hydrogens is 366 g/mol. The first kappa shape index (κ1) is 21.2. The number of benzene rings is 3. The SMILES string of the molecule is C=C(S)N(C(=C)c1ccc(C)cc1S)c1cccc2cc(C)ccc12.CC. The highest BCUT2D eigenvalue weighted by molar-refractivity contribution is 7.84. The van der Waals surface area contributed by atoms with Crippen LogP contribution in [0.25, 0.3) is 16.5 Å². The lowest BCUT2D eigenvalue weighted by molar-refractivity contribution is 1.25. The van der Waals surface area contributed by atoms with Crippen molar-refractivity contribution < 1.29 is 0 Å². The summed E-state index contributed by atoms with van der Waals surface area (Å²) in [7, 11) is 0. The van der Waals surface area contributed by atoms with Gasteiger partial charge in [0.1, 0.15) is 0 Å². The third kappa shape index (κ3) is 4.60. The van der Waals surface area contributed by atoms with Crippen LogP contribution in [0.4, 0.5) is 5.69 Å². The van der Waals surface area contributed by atoms with Crippen LogP contribution in [0.5, 0.6) is 0 Å². The van der Waals surface area contributed by atoms with Crippen molar-refractivity contribution in [2.24, 2.45) is 0 Å². The first-order valence-electron chi connectivity index (χ1n) is 9.05. The zero-order valence-corrected chi connectivity index (χ0v) is 18.2. The van der Waals surface area contributed by atoms with Gasteiger partial charge in [-0.1, -0.05) is 75.0 Å². The molecule has 140 valence electrons. The zero-order valence-electron chi connectivity index (χ0n) is 16.5. The van der Waals surface area contributed by atoms with Gasteiger partial charge in [-0.25, -0.2) is 0 Å². The van der Waals surface area contributed by atoms with Gasteiger partial charge < -0.3 is 4.90 Å². The van der Waals surface area contributed by atoms with E-state index in [2.05, 4.69) is 88.7 Å². The average molecular weight is 394 g/mol. The molecule has 0 saturated carbocycles. The Balaban J connectivity index is 0.00000126. The Bertz CT molecular complexity index is 989. The van der Waals surface area contributed by atoms with Crippen molar-refractivity contribution in [3.8, 4) is 0 Å². The van der Waals surface area contributed by atoms with Crippen molar-refractivity contribution in [1.82, 2.24) is 0 Å². The second-order valence-electron chi connectivity index (χ2n) is 6.22. The third-order valence-electron chi connectivity index (χ3n) is 4.25. The van der Waals surface area contributed by atoms with Crippen molar-refractivity contribution in [2.75, 3.05) is 4.90 Å². The second-order valence-corrected chi connectivity index (χ2v) is 7.22. The number of nitrogens with zero attached hydrogens (tertiary/aromatic N) is 1. The van der Waals surface area contributed by atoms with E-state index in [1.54, 1.807) is 0 Å². The molecule has 0 radical (unpaired) electrons. The molecule has 0 aliphatic carbocycles. The van der Waals surface area contributed by atoms with E-state index in [1.165, 1.54) is 16.5 Å². The van der Waals surface area contributed by atoms with E-state index in [-0.39, 0.29) is 0 Å². The van der Waals surface area contributed by atoms with Crippen LogP contribution in [-0.2, 0) is 0 Å². The lowest BCUT2D eigenvalue weighted by Crippen LogP contribution is -2.17. The van der Waals surface area contributed by atoms with Crippen LogP contribution in [0.2, 0.25) is 0 Å². The van der Waals surface area contributed by atoms with E-state index in [9.17, 15) is 0 Å². The van der Waals surface area contributed by atoms with E-state index >= 15 is 0 Å². The van der Waals surface area contributed by atoms with Gasteiger partial charge in [0.25, 0.3) is 0 Å². The van der Waals surface area contributed by atoms with Gasteiger partial charge in [-0.2, -0.15) is 0 Å². The molecule has 0 heterocycles. The monoisotopic (exact) mass is 393 g/mol. The minimum absolute atomic E-state index is 0.617. The molecule has 3 aromatic rings. The molecule has 0 bridgehead atoms. The van der Waals surface area contributed by atoms with Crippen LogP contribution < -0.4 is 4.90 Å². The summed E-state index contributed by atoms with van der Waals surface area (Å²) in [4.78, 5) is 2.87. The smallest absolute Gasteiger partial charge is 0.0695 e. The maximum absolute atomic E-state index is 4.63. The van der Waals surface area contributed by atoms with Crippen LogP contribution in [0.1, 0.15) is 30.5 Å². The quantitative estimate of drug-likeness (QED) is 0.431. The first-order valence-corrected chi connectivity index (χ1v) is 9.94. The van der Waals surface area contributed by atoms with Crippen molar-refractivity contribution in [3.05, 3.63) is 89.5 Å². The minimum atomic E-state index is 0.617. The maximum atomic E-state index is 4.63. The number of hydrogen-bond acceptors (Lipinski definition) is 3. The highest BCUT2D eigenvalue weighted by atomic mass is 32.1. The second kappa shape index (κ2) is 9.20. The number of rotatable bonds is 4. The molecule has 0 saturated heterocycles. The molecule has 3 rings (SSSR count). The molecule has 0 atom stereocenters. The van der Waals surface area contributed by atoms with Gasteiger partial charge in [0.15, 0.2) is 0 Å². The van der Waals surface area contributed by atoms with Gasteiger partial charge in [0.2, 0.25) is 0 Å². The van der Waals surface area contributed by atoms with Crippen molar-refractivity contribution in [2.45, 2.75) is 32.6 Å². The van der Waals surface area contributed by atoms with E-state index in [1.807, 2.05) is 36.9 Å². The lowest BCUT2D eigenvalue weighted by atomic mass is 10.0. The van der Waals surface area contributed by atoms with Crippen LogP contribution >= 0.6 is 25.3 Å². The molecule has 3 heteroatoms. The van der Waals surface area contributed by atoms with E-state index < -0.39 is 0 Å². The predicted molar refractivity (Wildman–Crippen MR) is 128 cm³/mol. The summed E-state index contributed by atoms with van der Waals surface area (Å²) in [5.74, 6) is 0. The van der Waals surface area contributed by atoms with Gasteiger partial charge in [-0.15, -0.1) is 25.3 Å². The fourth-order valence-corrected chi connectivity index (χ4v) is 3.66. The van der Waals surface area contributed by atoms with Gasteiger partial charge in [0, 0.05) is 21.5 Å². The predicted octanol–water partition coefficient (Wildman–Crippen LogP) is 7.65. The molecule has 3 aromatic carbocycles. The number of fused-ring (bicyclic) bond motifs is 1. The number of thiol groups is 2. The molecule has 1 nitrogen and oxygen atoms in total. The van der Waals surface area contributed by atoms with Crippen LogP contribution in [-0.4, -0.2) is 0 Å². The van der Waals surface area contributed by atoms with E-state index in [0.717, 1.165) is 27.2 Å². The molecule has 0 unspecified atom stereocenters. The summed E-state index contributed by atoms with van der Waals surface area (Å²) >= 11 is 9.17. The lowest BCUT2D eigenvalue weighted by Gasteiger charge is -2.28. The molecule has 0 aromatic heterocycles. The molecule has 0 N–H and O–H groups in total. The minimum Gasteiger partial charge on any atom is -0.305 e. The maximum Gasteiger partial charge on any atom is 0.0695 e. The van der Waals surface area contributed by atoms with E-state index in [4.69, 9.17) is 0 Å². The van der Waals surface area contributed by atoms with Gasteiger partial charge >= 0.3 is 0 Å². The normalized spacial score (nSPS) is 10.1. The fraction of sp³-hybridized carbons (Fsp3) is 0.167. The summed E-state index contributed by atoms with van der Waals surface area (Å²) in [5, 5.41) is 2.93. The number of aryl methyl sites for hydroxylation is 2. The van der Waals surface area contributed by atoms with Crippen molar-refractivity contribution in [1.29, 1.82) is 0 Å². The van der Waals surface area contributed by atoms with Crippen LogP contribution in [0, 0.1) is 13.8 Å². The summed E-state index contributed by atoms with van der Waals surface area (Å²) in [6.07, 6.45) is 0. The third-order valence-corrected chi connectivity index (χ3v) is 4.82. The molecule has 0 amide bonds. The highest BCUT2D eigenvalue weighted by Crippen LogP contribution is 2.37. The van der Waals surface area contributed by atoms with Gasteiger partial charge in [0.05, 0.1) is 10.7 Å². The topological polar surface area (TPSA) is 3.24 Å². The standard InChI is InChI=1S/C22H21NS2.C2H6/c1-14-9-11-20-18(12-14)6-5-7-21(20)23(17(4)24)16(3)19-10-8-15(2)13-22(19)25;1-2/h5-13,24-25H,3-4H2,1-2H3;1-2H3. The van der Waals surface area contributed by atoms with Gasteiger partial charge in [-0.3, -0.25) is 0 Å². The Morgan fingerprint density at radius 1 is 0.889 bits per heavy atom. The fourth-order valence-electron chi connectivity index (χ4n) is 3.03. The van der Waals surface area contributed by atoms with Crippen molar-refractivity contribution >= 4 is 47.4 Å². The molecule has 27 heavy (non-hydrogen) atoms. The van der Waals surface area contributed by atoms with Crippen molar-refractivity contribution in [3.63, 3.8) is 0 Å². The zero-order chi connectivity index (χ0) is 20.1. The Kier molecular flexibility index (Phi) is 7.23. The Morgan fingerprint density at radius 3 is 2.15 bits per heavy atom. The Labute approximate surface area is 174 Å². The molecule has 0 aliphatic rings. The Morgan fingerprint density at radius 2 is 1.52 bits per heavy atom. The highest BCUT2D eigenvalue weighted by Gasteiger charge is 2.18. The largest absolute Gasteiger partial charge is 0.305 e. The molecular formula is C24H27NS2. The van der Waals surface area contributed by atoms with E-state index in [0.29, 0.717) is 5.03 Å². The number of hydrogen-bond donors (Lipinski definition) is 2. The molecule has 0 fully saturated rings. The van der Waals surface area contributed by atoms with Crippen LogP contribution in [0.3, 0.4) is 0 Å². The number of anilines is 1. The summed E-state index contributed by atoms with van der Waals surface area (Å²) in [5.41, 5.74) is 5.18. The molecule has 0 spiro atoms. The molecule has 0 aliphatic heterocycles. The van der Waals surface area contributed by atoms with Gasteiger partial charge in [-0.05, 0) is 36.9 Å². The summed E-state index contributed by atoms with van der Waals surface area (Å²) < 4.78 is 0. The Hall–Kier alpha value is -2.10. The average Bonchev–Trinajstić information content (AvgIpc) is 2.63. The van der Waals surface area contributed by atoms with Crippen LogP contribution in [0.15, 0.2) is 77.7 Å². The first-order chi connectivity index (χ1) is 12.9. The summed E-state index contributed by atoms with van der Waals surface area (Å²) in [6.45, 7) is 16.5. The summed E-state index contributed by atoms with van der Waals surface area (Å²) in [6, 6.07) is 18.8.